The molecule has 0 aliphatic heterocycles. The molecule has 1 nitrogen and oxygen atoms in total. The molecule has 0 amide bonds. The summed E-state index contributed by atoms with van der Waals surface area (Å²) in [6.45, 7) is 10.9. The van der Waals surface area contributed by atoms with E-state index < -0.39 is 0 Å². The van der Waals surface area contributed by atoms with Crippen molar-refractivity contribution >= 4 is 0 Å². The van der Waals surface area contributed by atoms with Crippen LogP contribution in [0.4, 0.5) is 0 Å². The summed E-state index contributed by atoms with van der Waals surface area (Å²) >= 11 is 0. The quantitative estimate of drug-likeness (QED) is 0.602. The molecule has 0 aromatic heterocycles. The SMILES string of the molecule is CCCC(C)=C(C)CNCC. The van der Waals surface area contributed by atoms with Gasteiger partial charge in [-0.25, -0.2) is 0 Å². The third kappa shape index (κ3) is 5.02. The minimum absolute atomic E-state index is 1.06. The van der Waals surface area contributed by atoms with Crippen molar-refractivity contribution in [3.63, 3.8) is 0 Å². The molecule has 0 spiro atoms. The van der Waals surface area contributed by atoms with E-state index in [1.807, 2.05) is 0 Å². The molecule has 0 saturated heterocycles. The zero-order valence-electron chi connectivity index (χ0n) is 8.33. The summed E-state index contributed by atoms with van der Waals surface area (Å²) in [6, 6.07) is 0. The smallest absolute Gasteiger partial charge is 0.0164 e. The van der Waals surface area contributed by atoms with E-state index in [-0.39, 0.29) is 0 Å². The Balaban J connectivity index is 3.73. The number of allylic oxidation sites excluding steroid dienone is 1. The Labute approximate surface area is 70.9 Å². The van der Waals surface area contributed by atoms with E-state index >= 15 is 0 Å². The van der Waals surface area contributed by atoms with E-state index in [1.54, 1.807) is 5.57 Å². The number of hydrogen-bond donors (Lipinski definition) is 1. The van der Waals surface area contributed by atoms with E-state index in [4.69, 9.17) is 0 Å². The van der Waals surface area contributed by atoms with Gasteiger partial charge in [0.05, 0.1) is 0 Å². The maximum Gasteiger partial charge on any atom is 0.0164 e. The highest BCUT2D eigenvalue weighted by Crippen LogP contribution is 2.08. The minimum Gasteiger partial charge on any atom is -0.313 e. The lowest BCUT2D eigenvalue weighted by Crippen LogP contribution is -2.15. The van der Waals surface area contributed by atoms with Gasteiger partial charge >= 0.3 is 0 Å². The van der Waals surface area contributed by atoms with Gasteiger partial charge in [-0.2, -0.15) is 0 Å². The molecule has 1 N–H and O–H groups in total. The lowest BCUT2D eigenvalue weighted by atomic mass is 10.1. The third-order valence-electron chi connectivity index (χ3n) is 1.99. The van der Waals surface area contributed by atoms with Crippen LogP contribution in [0.25, 0.3) is 0 Å². The lowest BCUT2D eigenvalue weighted by Gasteiger charge is -2.06. The van der Waals surface area contributed by atoms with Crippen LogP contribution in [0.15, 0.2) is 11.1 Å². The Bertz CT molecular complexity index is 125. The summed E-state index contributed by atoms with van der Waals surface area (Å²) in [5.41, 5.74) is 3.06. The first-order chi connectivity index (χ1) is 5.22. The van der Waals surface area contributed by atoms with E-state index in [0.717, 1.165) is 13.1 Å². The van der Waals surface area contributed by atoms with Crippen molar-refractivity contribution in [1.82, 2.24) is 5.32 Å². The van der Waals surface area contributed by atoms with Crippen LogP contribution in [0.5, 0.6) is 0 Å². The molecule has 0 fully saturated rings. The summed E-state index contributed by atoms with van der Waals surface area (Å²) in [5.74, 6) is 0. The normalized spacial score (nSPS) is 13.1. The Morgan fingerprint density at radius 2 is 1.73 bits per heavy atom. The molecule has 0 aromatic rings. The van der Waals surface area contributed by atoms with Gasteiger partial charge in [0.25, 0.3) is 0 Å². The average molecular weight is 155 g/mol. The Kier molecular flexibility index (Phi) is 6.24. The fourth-order valence-corrected chi connectivity index (χ4v) is 1.05. The van der Waals surface area contributed by atoms with Crippen molar-refractivity contribution in [3.05, 3.63) is 11.1 Å². The molecule has 0 rings (SSSR count). The Morgan fingerprint density at radius 3 is 2.18 bits per heavy atom. The van der Waals surface area contributed by atoms with Gasteiger partial charge in [-0.15, -0.1) is 0 Å². The Morgan fingerprint density at radius 1 is 1.09 bits per heavy atom. The van der Waals surface area contributed by atoms with Gasteiger partial charge < -0.3 is 5.32 Å². The molecule has 0 heterocycles. The van der Waals surface area contributed by atoms with Crippen molar-refractivity contribution in [2.45, 2.75) is 40.5 Å². The first-order valence-electron chi connectivity index (χ1n) is 4.58. The van der Waals surface area contributed by atoms with Crippen molar-refractivity contribution in [2.24, 2.45) is 0 Å². The van der Waals surface area contributed by atoms with Gasteiger partial charge in [0.15, 0.2) is 0 Å². The predicted molar refractivity (Wildman–Crippen MR) is 51.8 cm³/mol. The van der Waals surface area contributed by atoms with Gasteiger partial charge in [0.1, 0.15) is 0 Å². The number of nitrogens with one attached hydrogen (secondary N) is 1. The van der Waals surface area contributed by atoms with Crippen LogP contribution in [-0.4, -0.2) is 13.1 Å². The maximum atomic E-state index is 3.33. The van der Waals surface area contributed by atoms with E-state index in [9.17, 15) is 0 Å². The van der Waals surface area contributed by atoms with Crippen LogP contribution in [0.1, 0.15) is 40.5 Å². The standard InChI is InChI=1S/C10H21N/c1-5-7-9(3)10(4)8-11-6-2/h11H,5-8H2,1-4H3. The summed E-state index contributed by atoms with van der Waals surface area (Å²) in [7, 11) is 0. The largest absolute Gasteiger partial charge is 0.313 e. The Hall–Kier alpha value is -0.300. The second-order valence-corrected chi connectivity index (χ2v) is 3.09. The molecule has 11 heavy (non-hydrogen) atoms. The maximum absolute atomic E-state index is 3.33. The topological polar surface area (TPSA) is 12.0 Å². The first-order valence-corrected chi connectivity index (χ1v) is 4.58. The zero-order valence-corrected chi connectivity index (χ0v) is 8.33. The monoisotopic (exact) mass is 155 g/mol. The van der Waals surface area contributed by atoms with Crippen molar-refractivity contribution in [1.29, 1.82) is 0 Å². The molecule has 66 valence electrons. The molecule has 0 bridgehead atoms. The highest BCUT2D eigenvalue weighted by molar-refractivity contribution is 5.10. The summed E-state index contributed by atoms with van der Waals surface area (Å²) in [6.07, 6.45) is 2.51. The molecule has 0 radical (unpaired) electrons. The molecule has 0 unspecified atom stereocenters. The van der Waals surface area contributed by atoms with Gasteiger partial charge in [-0.3, -0.25) is 0 Å². The summed E-state index contributed by atoms with van der Waals surface area (Å²) < 4.78 is 0. The number of hydrogen-bond acceptors (Lipinski definition) is 1. The van der Waals surface area contributed by atoms with Gasteiger partial charge in [0, 0.05) is 6.54 Å². The lowest BCUT2D eigenvalue weighted by molar-refractivity contribution is 0.760. The van der Waals surface area contributed by atoms with Crippen LogP contribution in [-0.2, 0) is 0 Å². The molecule has 0 aromatic carbocycles. The van der Waals surface area contributed by atoms with Crippen molar-refractivity contribution in [3.8, 4) is 0 Å². The van der Waals surface area contributed by atoms with Crippen LogP contribution in [0.2, 0.25) is 0 Å². The van der Waals surface area contributed by atoms with E-state index in [1.165, 1.54) is 18.4 Å². The number of likely N-dealkylation sites (N-methyl/N-ethyl adjacent to an activating group) is 1. The van der Waals surface area contributed by atoms with Crippen LogP contribution >= 0.6 is 0 Å². The highest BCUT2D eigenvalue weighted by atomic mass is 14.8. The fraction of sp³-hybridized carbons (Fsp3) is 0.800. The van der Waals surface area contributed by atoms with Crippen molar-refractivity contribution < 1.29 is 0 Å². The second kappa shape index (κ2) is 6.41. The molecule has 1 heteroatoms. The predicted octanol–water partition coefficient (Wildman–Crippen LogP) is 2.73. The molecule has 0 aliphatic rings. The van der Waals surface area contributed by atoms with Crippen molar-refractivity contribution in [2.75, 3.05) is 13.1 Å². The molecule has 0 aliphatic carbocycles. The fourth-order valence-electron chi connectivity index (χ4n) is 1.05. The van der Waals surface area contributed by atoms with E-state index in [2.05, 4.69) is 33.0 Å². The second-order valence-electron chi connectivity index (χ2n) is 3.09. The minimum atomic E-state index is 1.06. The van der Waals surface area contributed by atoms with Crippen LogP contribution in [0, 0.1) is 0 Å². The highest BCUT2D eigenvalue weighted by Gasteiger charge is 1.94. The average Bonchev–Trinajstić information content (AvgIpc) is 2.00. The van der Waals surface area contributed by atoms with E-state index in [0.29, 0.717) is 0 Å². The molecular weight excluding hydrogens is 134 g/mol. The van der Waals surface area contributed by atoms with Crippen LogP contribution < -0.4 is 5.32 Å². The summed E-state index contributed by atoms with van der Waals surface area (Å²) in [4.78, 5) is 0. The van der Waals surface area contributed by atoms with Crippen LogP contribution in [0.3, 0.4) is 0 Å². The first kappa shape index (κ1) is 10.7. The van der Waals surface area contributed by atoms with Gasteiger partial charge in [-0.05, 0) is 26.8 Å². The summed E-state index contributed by atoms with van der Waals surface area (Å²) in [5, 5.41) is 3.33. The molecule has 0 atom stereocenters. The number of rotatable bonds is 5. The van der Waals surface area contributed by atoms with Gasteiger partial charge in [-0.1, -0.05) is 31.4 Å². The van der Waals surface area contributed by atoms with Gasteiger partial charge in [0.2, 0.25) is 0 Å². The zero-order chi connectivity index (χ0) is 8.69. The molecule has 0 saturated carbocycles. The molecular formula is C10H21N. The third-order valence-corrected chi connectivity index (χ3v) is 1.99.